The second kappa shape index (κ2) is 3.77. The first-order valence-electron chi connectivity index (χ1n) is 3.89. The van der Waals surface area contributed by atoms with Crippen molar-refractivity contribution in [2.45, 2.75) is 19.8 Å². The van der Waals surface area contributed by atoms with Crippen molar-refractivity contribution < 1.29 is 5.11 Å². The quantitative estimate of drug-likeness (QED) is 0.722. The van der Waals surface area contributed by atoms with Gasteiger partial charge in [-0.25, -0.2) is 0 Å². The molecule has 0 unspecified atom stereocenters. The number of aromatic hydroxyl groups is 1. The molecule has 2 nitrogen and oxygen atoms in total. The minimum absolute atomic E-state index is 0.311. The second-order valence-corrected chi connectivity index (χ2v) is 2.78. The zero-order valence-corrected chi connectivity index (χ0v) is 7.04. The smallest absolute Gasteiger partial charge is 0.118 e. The van der Waals surface area contributed by atoms with Crippen LogP contribution in [0.25, 0.3) is 0 Å². The normalized spacial score (nSPS) is 9.33. The number of nitrogens with zero attached hydrogens (tertiary/aromatic N) is 1. The number of hydrogen-bond donors (Lipinski definition) is 1. The summed E-state index contributed by atoms with van der Waals surface area (Å²) in [6, 6.07) is 7.58. The maximum atomic E-state index is 9.32. The molecule has 0 aliphatic carbocycles. The van der Waals surface area contributed by atoms with Gasteiger partial charge in [0.15, 0.2) is 0 Å². The van der Waals surface area contributed by atoms with Crippen LogP contribution < -0.4 is 0 Å². The Bertz CT molecular complexity index is 312. The predicted molar refractivity (Wildman–Crippen MR) is 46.8 cm³/mol. The van der Waals surface area contributed by atoms with E-state index in [1.54, 1.807) is 6.07 Å². The van der Waals surface area contributed by atoms with Gasteiger partial charge in [0.1, 0.15) is 5.75 Å². The minimum Gasteiger partial charge on any atom is -0.508 e. The van der Waals surface area contributed by atoms with Crippen LogP contribution >= 0.6 is 0 Å². The molecule has 1 aromatic rings. The summed E-state index contributed by atoms with van der Waals surface area (Å²) in [6.07, 6.45) is 1.22. The predicted octanol–water partition coefficient (Wildman–Crippen LogP) is 2.16. The maximum Gasteiger partial charge on any atom is 0.118 e. The molecule has 1 rings (SSSR count). The SMILES string of the molecule is Cc1ccc(CCC#N)cc1O. The van der Waals surface area contributed by atoms with Gasteiger partial charge < -0.3 is 5.11 Å². The Morgan fingerprint density at radius 2 is 2.25 bits per heavy atom. The lowest BCUT2D eigenvalue weighted by Gasteiger charge is -2.01. The molecule has 0 fully saturated rings. The van der Waals surface area contributed by atoms with Gasteiger partial charge in [0.05, 0.1) is 6.07 Å². The molecular weight excluding hydrogens is 150 g/mol. The van der Waals surface area contributed by atoms with Crippen LogP contribution in [0, 0.1) is 18.3 Å². The van der Waals surface area contributed by atoms with Crippen molar-refractivity contribution in [2.75, 3.05) is 0 Å². The molecule has 1 aromatic carbocycles. The van der Waals surface area contributed by atoms with Gasteiger partial charge in [0.2, 0.25) is 0 Å². The summed E-state index contributed by atoms with van der Waals surface area (Å²) in [7, 11) is 0. The zero-order valence-electron chi connectivity index (χ0n) is 7.04. The Hall–Kier alpha value is -1.49. The number of benzene rings is 1. The molecule has 0 saturated carbocycles. The van der Waals surface area contributed by atoms with Gasteiger partial charge in [-0.2, -0.15) is 5.26 Å². The van der Waals surface area contributed by atoms with Gasteiger partial charge in [-0.3, -0.25) is 0 Å². The van der Waals surface area contributed by atoms with Gasteiger partial charge in [-0.15, -0.1) is 0 Å². The number of phenols is 1. The Kier molecular flexibility index (Phi) is 2.71. The van der Waals surface area contributed by atoms with Gasteiger partial charge in [0, 0.05) is 6.42 Å². The van der Waals surface area contributed by atoms with Crippen molar-refractivity contribution in [3.8, 4) is 11.8 Å². The van der Waals surface area contributed by atoms with E-state index in [9.17, 15) is 5.11 Å². The topological polar surface area (TPSA) is 44.0 Å². The standard InChI is InChI=1S/C10H11NO/c1-8-4-5-9(3-2-6-11)7-10(8)12/h4-5,7,12H,2-3H2,1H3. The molecule has 62 valence electrons. The molecule has 1 N–H and O–H groups in total. The lowest BCUT2D eigenvalue weighted by Crippen LogP contribution is -1.84. The molecule has 0 amide bonds. The summed E-state index contributed by atoms with van der Waals surface area (Å²) in [5.41, 5.74) is 1.88. The molecule has 0 saturated heterocycles. The van der Waals surface area contributed by atoms with Crippen molar-refractivity contribution in [3.05, 3.63) is 29.3 Å². The molecule has 12 heavy (non-hydrogen) atoms. The molecule has 2 heteroatoms. The first-order chi connectivity index (χ1) is 5.74. The van der Waals surface area contributed by atoms with E-state index in [0.717, 1.165) is 11.1 Å². The Morgan fingerprint density at radius 3 is 2.83 bits per heavy atom. The first kappa shape index (κ1) is 8.61. The number of aryl methyl sites for hydroxylation is 2. The van der Waals surface area contributed by atoms with Crippen LogP contribution in [0.5, 0.6) is 5.75 Å². The second-order valence-electron chi connectivity index (χ2n) is 2.78. The van der Waals surface area contributed by atoms with Crippen LogP contribution in [0.3, 0.4) is 0 Å². The molecule has 0 spiro atoms. The third kappa shape index (κ3) is 2.00. The van der Waals surface area contributed by atoms with E-state index in [1.165, 1.54) is 0 Å². The lowest BCUT2D eigenvalue weighted by molar-refractivity contribution is 0.470. The van der Waals surface area contributed by atoms with Crippen LogP contribution in [0.2, 0.25) is 0 Å². The maximum absolute atomic E-state index is 9.32. The van der Waals surface area contributed by atoms with Crippen LogP contribution in [-0.4, -0.2) is 5.11 Å². The summed E-state index contributed by atoms with van der Waals surface area (Å²) >= 11 is 0. The van der Waals surface area contributed by atoms with Gasteiger partial charge >= 0.3 is 0 Å². The van der Waals surface area contributed by atoms with Crippen LogP contribution in [-0.2, 0) is 6.42 Å². The molecule has 0 aliphatic rings. The van der Waals surface area contributed by atoms with Gasteiger partial charge in [-0.05, 0) is 30.5 Å². The average molecular weight is 161 g/mol. The summed E-state index contributed by atoms with van der Waals surface area (Å²) in [5.74, 6) is 0.311. The van der Waals surface area contributed by atoms with Crippen molar-refractivity contribution >= 4 is 0 Å². The van der Waals surface area contributed by atoms with E-state index in [1.807, 2.05) is 19.1 Å². The van der Waals surface area contributed by atoms with E-state index < -0.39 is 0 Å². The highest BCUT2D eigenvalue weighted by Crippen LogP contribution is 2.17. The van der Waals surface area contributed by atoms with Crippen molar-refractivity contribution in [3.63, 3.8) is 0 Å². The summed E-state index contributed by atoms with van der Waals surface area (Å²) in [6.45, 7) is 1.85. The van der Waals surface area contributed by atoms with E-state index in [2.05, 4.69) is 6.07 Å². The fourth-order valence-corrected chi connectivity index (χ4v) is 1.01. The summed E-state index contributed by atoms with van der Waals surface area (Å²) in [5, 5.41) is 17.7. The van der Waals surface area contributed by atoms with Crippen LogP contribution in [0.1, 0.15) is 17.5 Å². The number of phenolic OH excluding ortho intramolecular Hbond substituents is 1. The highest BCUT2D eigenvalue weighted by atomic mass is 16.3. The molecular formula is C10H11NO. The highest BCUT2D eigenvalue weighted by Gasteiger charge is 1.97. The summed E-state index contributed by atoms with van der Waals surface area (Å²) in [4.78, 5) is 0. The van der Waals surface area contributed by atoms with E-state index >= 15 is 0 Å². The van der Waals surface area contributed by atoms with E-state index in [-0.39, 0.29) is 0 Å². The first-order valence-corrected chi connectivity index (χ1v) is 3.89. The Balaban J connectivity index is 2.77. The molecule has 0 radical (unpaired) electrons. The minimum atomic E-state index is 0.311. The number of rotatable bonds is 2. The van der Waals surface area contributed by atoms with Crippen molar-refractivity contribution in [2.24, 2.45) is 0 Å². The monoisotopic (exact) mass is 161 g/mol. The molecule has 0 bridgehead atoms. The third-order valence-corrected chi connectivity index (χ3v) is 1.80. The molecule has 0 aliphatic heterocycles. The molecule has 0 aromatic heterocycles. The summed E-state index contributed by atoms with van der Waals surface area (Å²) < 4.78 is 0. The fourth-order valence-electron chi connectivity index (χ4n) is 1.01. The van der Waals surface area contributed by atoms with Crippen molar-refractivity contribution in [1.29, 1.82) is 5.26 Å². The van der Waals surface area contributed by atoms with Crippen LogP contribution in [0.15, 0.2) is 18.2 Å². The Labute approximate surface area is 72.1 Å². The largest absolute Gasteiger partial charge is 0.508 e. The zero-order chi connectivity index (χ0) is 8.97. The van der Waals surface area contributed by atoms with Crippen molar-refractivity contribution in [1.82, 2.24) is 0 Å². The number of hydrogen-bond acceptors (Lipinski definition) is 2. The van der Waals surface area contributed by atoms with Gasteiger partial charge in [0.25, 0.3) is 0 Å². The lowest BCUT2D eigenvalue weighted by atomic mass is 10.1. The average Bonchev–Trinajstić information content (AvgIpc) is 2.07. The Morgan fingerprint density at radius 1 is 1.50 bits per heavy atom. The van der Waals surface area contributed by atoms with Gasteiger partial charge in [-0.1, -0.05) is 12.1 Å². The number of nitriles is 1. The highest BCUT2D eigenvalue weighted by molar-refractivity contribution is 5.35. The van der Waals surface area contributed by atoms with E-state index in [0.29, 0.717) is 18.6 Å². The fraction of sp³-hybridized carbons (Fsp3) is 0.300. The molecule has 0 heterocycles. The molecule has 0 atom stereocenters. The van der Waals surface area contributed by atoms with E-state index in [4.69, 9.17) is 5.26 Å². The third-order valence-electron chi connectivity index (χ3n) is 1.80. The van der Waals surface area contributed by atoms with Crippen LogP contribution in [0.4, 0.5) is 0 Å².